The molecule has 0 aliphatic heterocycles. The van der Waals surface area contributed by atoms with Crippen LogP contribution in [0, 0.1) is 0 Å². The fourth-order valence-electron chi connectivity index (χ4n) is 2.72. The summed E-state index contributed by atoms with van der Waals surface area (Å²) >= 11 is 0. The molecular formula is C19H21N5O3S. The Bertz CT molecular complexity index is 1020. The third-order valence-electron chi connectivity index (χ3n) is 4.20. The van der Waals surface area contributed by atoms with E-state index in [1.807, 2.05) is 55.5 Å². The molecule has 1 unspecified atom stereocenters. The number of carbonyl (C=O) groups is 1. The van der Waals surface area contributed by atoms with Gasteiger partial charge in [-0.05, 0) is 35.0 Å². The van der Waals surface area contributed by atoms with Gasteiger partial charge in [0.2, 0.25) is 5.91 Å². The van der Waals surface area contributed by atoms with E-state index in [0.717, 1.165) is 5.56 Å². The minimum Gasteiger partial charge on any atom is -0.350 e. The zero-order valence-electron chi connectivity index (χ0n) is 15.4. The van der Waals surface area contributed by atoms with Crippen molar-refractivity contribution in [2.75, 3.05) is 5.75 Å². The molecule has 0 spiro atoms. The van der Waals surface area contributed by atoms with Crippen LogP contribution in [0.15, 0.2) is 60.7 Å². The molecule has 1 atom stereocenters. The lowest BCUT2D eigenvalue weighted by atomic mass is 10.1. The SMILES string of the molecule is CC(NC(=O)CCS(=O)(=O)Cc1nnnn1-c1ccccc1)c1ccccc1. The van der Waals surface area contributed by atoms with Crippen molar-refractivity contribution in [1.82, 2.24) is 25.5 Å². The minimum absolute atomic E-state index is 0.119. The second-order valence-electron chi connectivity index (χ2n) is 6.38. The van der Waals surface area contributed by atoms with E-state index in [2.05, 4.69) is 20.8 Å². The van der Waals surface area contributed by atoms with E-state index >= 15 is 0 Å². The van der Waals surface area contributed by atoms with Crippen molar-refractivity contribution in [2.45, 2.75) is 25.1 Å². The molecule has 0 fully saturated rings. The zero-order chi connectivity index (χ0) is 20.0. The van der Waals surface area contributed by atoms with Crippen LogP contribution in [0.4, 0.5) is 0 Å². The summed E-state index contributed by atoms with van der Waals surface area (Å²) in [6.45, 7) is 1.86. The molecule has 0 saturated carbocycles. The molecule has 1 amide bonds. The number of carbonyl (C=O) groups excluding carboxylic acids is 1. The van der Waals surface area contributed by atoms with Gasteiger partial charge in [-0.15, -0.1) is 5.10 Å². The van der Waals surface area contributed by atoms with Gasteiger partial charge in [-0.2, -0.15) is 4.68 Å². The molecule has 146 valence electrons. The van der Waals surface area contributed by atoms with E-state index in [9.17, 15) is 13.2 Å². The van der Waals surface area contributed by atoms with Gasteiger partial charge in [0.05, 0.1) is 17.5 Å². The van der Waals surface area contributed by atoms with Crippen LogP contribution in [0.5, 0.6) is 0 Å². The van der Waals surface area contributed by atoms with Crippen LogP contribution in [0.3, 0.4) is 0 Å². The fraction of sp³-hybridized carbons (Fsp3) is 0.263. The lowest BCUT2D eigenvalue weighted by Gasteiger charge is -2.14. The first-order chi connectivity index (χ1) is 13.4. The monoisotopic (exact) mass is 399 g/mol. The standard InChI is InChI=1S/C19H21N5O3S/c1-15(16-8-4-2-5-9-16)20-19(25)12-13-28(26,27)14-18-21-22-23-24(18)17-10-6-3-7-11-17/h2-11,15H,12-14H2,1H3,(H,20,25). The van der Waals surface area contributed by atoms with Crippen molar-refractivity contribution >= 4 is 15.7 Å². The lowest BCUT2D eigenvalue weighted by molar-refractivity contribution is -0.121. The van der Waals surface area contributed by atoms with E-state index in [1.54, 1.807) is 12.1 Å². The summed E-state index contributed by atoms with van der Waals surface area (Å²) in [7, 11) is -3.55. The number of sulfone groups is 1. The van der Waals surface area contributed by atoms with Crippen molar-refractivity contribution in [2.24, 2.45) is 0 Å². The third-order valence-corrected chi connectivity index (χ3v) is 5.73. The summed E-state index contributed by atoms with van der Waals surface area (Å²) in [6.07, 6.45) is -0.119. The normalized spacial score (nSPS) is 12.5. The highest BCUT2D eigenvalue weighted by atomic mass is 32.2. The Morgan fingerprint density at radius 2 is 1.71 bits per heavy atom. The molecule has 0 bridgehead atoms. The Morgan fingerprint density at radius 1 is 1.07 bits per heavy atom. The van der Waals surface area contributed by atoms with Gasteiger partial charge in [-0.3, -0.25) is 4.79 Å². The zero-order valence-corrected chi connectivity index (χ0v) is 16.2. The molecule has 1 N–H and O–H groups in total. The van der Waals surface area contributed by atoms with Gasteiger partial charge in [0.25, 0.3) is 0 Å². The fourth-order valence-corrected chi connectivity index (χ4v) is 3.94. The molecular weight excluding hydrogens is 378 g/mol. The van der Waals surface area contributed by atoms with Crippen molar-refractivity contribution in [3.63, 3.8) is 0 Å². The Balaban J connectivity index is 1.58. The first kappa shape index (κ1) is 19.7. The number of rotatable bonds is 8. The molecule has 8 nitrogen and oxygen atoms in total. The predicted octanol–water partition coefficient (Wildman–Crippen LogP) is 1.84. The van der Waals surface area contributed by atoms with Crippen molar-refractivity contribution in [3.8, 4) is 5.69 Å². The topological polar surface area (TPSA) is 107 Å². The minimum atomic E-state index is -3.55. The molecule has 1 aromatic heterocycles. The second-order valence-corrected chi connectivity index (χ2v) is 8.57. The number of hydrogen-bond donors (Lipinski definition) is 1. The Kier molecular flexibility index (Phi) is 6.15. The Labute approximate surface area is 163 Å². The summed E-state index contributed by atoms with van der Waals surface area (Å²) in [4.78, 5) is 12.1. The summed E-state index contributed by atoms with van der Waals surface area (Å²) in [5, 5.41) is 14.1. The maximum absolute atomic E-state index is 12.5. The van der Waals surface area contributed by atoms with Crippen molar-refractivity contribution in [1.29, 1.82) is 0 Å². The summed E-state index contributed by atoms with van der Waals surface area (Å²) in [5.74, 6) is -0.717. The first-order valence-corrected chi connectivity index (χ1v) is 10.6. The number of benzene rings is 2. The molecule has 9 heteroatoms. The van der Waals surface area contributed by atoms with E-state index in [-0.39, 0.29) is 35.7 Å². The van der Waals surface area contributed by atoms with Crippen LogP contribution < -0.4 is 5.32 Å². The predicted molar refractivity (Wildman–Crippen MR) is 104 cm³/mol. The summed E-state index contributed by atoms with van der Waals surface area (Å²) in [5.41, 5.74) is 1.63. The third kappa shape index (κ3) is 5.23. The van der Waals surface area contributed by atoms with Crippen LogP contribution in [-0.2, 0) is 20.4 Å². The van der Waals surface area contributed by atoms with Gasteiger partial charge in [0.1, 0.15) is 5.75 Å². The number of tetrazole rings is 1. The molecule has 0 aliphatic carbocycles. The molecule has 0 radical (unpaired) electrons. The highest BCUT2D eigenvalue weighted by molar-refractivity contribution is 7.90. The van der Waals surface area contributed by atoms with Crippen LogP contribution in [0.2, 0.25) is 0 Å². The number of para-hydroxylation sites is 1. The van der Waals surface area contributed by atoms with E-state index < -0.39 is 9.84 Å². The van der Waals surface area contributed by atoms with E-state index in [1.165, 1.54) is 4.68 Å². The second kappa shape index (κ2) is 8.75. The number of amides is 1. The molecule has 28 heavy (non-hydrogen) atoms. The average molecular weight is 399 g/mol. The summed E-state index contributed by atoms with van der Waals surface area (Å²) < 4.78 is 26.3. The highest BCUT2D eigenvalue weighted by Gasteiger charge is 2.20. The van der Waals surface area contributed by atoms with Gasteiger partial charge in [-0.1, -0.05) is 48.5 Å². The first-order valence-electron chi connectivity index (χ1n) is 8.82. The van der Waals surface area contributed by atoms with Crippen LogP contribution in [0.25, 0.3) is 5.69 Å². The van der Waals surface area contributed by atoms with Crippen molar-refractivity contribution < 1.29 is 13.2 Å². The molecule has 0 aliphatic rings. The molecule has 1 heterocycles. The van der Waals surface area contributed by atoms with Crippen LogP contribution in [0.1, 0.15) is 30.8 Å². The smallest absolute Gasteiger partial charge is 0.221 e. The number of nitrogens with one attached hydrogen (secondary N) is 1. The van der Waals surface area contributed by atoms with Crippen LogP contribution >= 0.6 is 0 Å². The maximum Gasteiger partial charge on any atom is 0.221 e. The number of aromatic nitrogens is 4. The number of nitrogens with zero attached hydrogens (tertiary/aromatic N) is 4. The molecule has 2 aromatic carbocycles. The molecule has 3 rings (SSSR count). The van der Waals surface area contributed by atoms with Crippen LogP contribution in [-0.4, -0.2) is 40.3 Å². The Morgan fingerprint density at radius 3 is 2.39 bits per heavy atom. The quantitative estimate of drug-likeness (QED) is 0.619. The lowest BCUT2D eigenvalue weighted by Crippen LogP contribution is -2.28. The van der Waals surface area contributed by atoms with Gasteiger partial charge in [-0.25, -0.2) is 8.42 Å². The number of hydrogen-bond acceptors (Lipinski definition) is 6. The molecule has 3 aromatic rings. The largest absolute Gasteiger partial charge is 0.350 e. The molecule has 0 saturated heterocycles. The van der Waals surface area contributed by atoms with E-state index in [4.69, 9.17) is 0 Å². The summed E-state index contributed by atoms with van der Waals surface area (Å²) in [6, 6.07) is 18.3. The average Bonchev–Trinajstić information content (AvgIpc) is 3.15. The highest BCUT2D eigenvalue weighted by Crippen LogP contribution is 2.13. The van der Waals surface area contributed by atoms with Gasteiger partial charge in [0, 0.05) is 6.42 Å². The van der Waals surface area contributed by atoms with Gasteiger partial charge < -0.3 is 5.32 Å². The van der Waals surface area contributed by atoms with Crippen molar-refractivity contribution in [3.05, 3.63) is 72.1 Å². The van der Waals surface area contributed by atoms with Gasteiger partial charge >= 0.3 is 0 Å². The van der Waals surface area contributed by atoms with E-state index in [0.29, 0.717) is 5.69 Å². The van der Waals surface area contributed by atoms with Gasteiger partial charge in [0.15, 0.2) is 15.7 Å². The maximum atomic E-state index is 12.5. The Hall–Kier alpha value is -3.07.